The Morgan fingerprint density at radius 2 is 2.03 bits per heavy atom. The second-order valence-electron chi connectivity index (χ2n) is 9.24. The SMILES string of the molecule is CSc1nc(N(Cc2cccnc2NC(=O)OC(C)(C)C)C2CCC2O)c2c(Cl)nc(Cl)c(F)c2n1. The molecule has 2 N–H and O–H groups in total. The van der Waals surface area contributed by atoms with Crippen LogP contribution in [0.25, 0.3) is 10.9 Å². The lowest BCUT2D eigenvalue weighted by Crippen LogP contribution is -2.51. The Bertz CT molecular complexity index is 1310. The smallest absolute Gasteiger partial charge is 0.413 e. The lowest BCUT2D eigenvalue weighted by Gasteiger charge is -2.43. The number of aromatic nitrogens is 4. The first-order valence-corrected chi connectivity index (χ1v) is 13.1. The first-order valence-electron chi connectivity index (χ1n) is 11.1. The van der Waals surface area contributed by atoms with Crippen LogP contribution in [0.1, 0.15) is 39.2 Å². The number of thioether (sulfide) groups is 1. The van der Waals surface area contributed by atoms with Gasteiger partial charge in [-0.25, -0.2) is 29.1 Å². The van der Waals surface area contributed by atoms with Crippen molar-refractivity contribution < 1.29 is 19.0 Å². The summed E-state index contributed by atoms with van der Waals surface area (Å²) in [5, 5.41) is 13.3. The predicted molar refractivity (Wildman–Crippen MR) is 138 cm³/mol. The summed E-state index contributed by atoms with van der Waals surface area (Å²) in [5.41, 5.74) is -0.130. The Morgan fingerprint density at radius 1 is 1.28 bits per heavy atom. The van der Waals surface area contributed by atoms with Gasteiger partial charge in [0.1, 0.15) is 27.9 Å². The van der Waals surface area contributed by atoms with E-state index in [9.17, 15) is 14.3 Å². The third kappa shape index (κ3) is 5.59. The number of anilines is 2. The highest BCUT2D eigenvalue weighted by Crippen LogP contribution is 2.39. The number of nitrogens with one attached hydrogen (secondary N) is 1. The van der Waals surface area contributed by atoms with Crippen molar-refractivity contribution in [2.24, 2.45) is 0 Å². The van der Waals surface area contributed by atoms with Crippen LogP contribution in [0.15, 0.2) is 23.5 Å². The number of rotatable bonds is 6. The Labute approximate surface area is 221 Å². The molecule has 1 saturated carbocycles. The van der Waals surface area contributed by atoms with Gasteiger partial charge in [0.2, 0.25) is 0 Å². The molecule has 0 saturated heterocycles. The van der Waals surface area contributed by atoms with Crippen LogP contribution < -0.4 is 10.2 Å². The van der Waals surface area contributed by atoms with Gasteiger partial charge in [-0.05, 0) is 45.9 Å². The van der Waals surface area contributed by atoms with Gasteiger partial charge in [-0.15, -0.1) is 0 Å². The minimum atomic E-state index is -0.808. The van der Waals surface area contributed by atoms with E-state index in [-0.39, 0.29) is 34.5 Å². The summed E-state index contributed by atoms with van der Waals surface area (Å²) in [7, 11) is 0. The van der Waals surface area contributed by atoms with Gasteiger partial charge < -0.3 is 14.7 Å². The van der Waals surface area contributed by atoms with Crippen LogP contribution >= 0.6 is 35.0 Å². The number of fused-ring (bicyclic) bond motifs is 1. The highest BCUT2D eigenvalue weighted by Gasteiger charge is 2.37. The Hall–Kier alpha value is -2.47. The molecule has 0 aliphatic heterocycles. The van der Waals surface area contributed by atoms with Crippen molar-refractivity contribution in [3.63, 3.8) is 0 Å². The lowest BCUT2D eigenvalue weighted by atomic mass is 9.87. The number of carbonyl (C=O) groups is 1. The normalized spacial score (nSPS) is 17.6. The van der Waals surface area contributed by atoms with E-state index in [4.69, 9.17) is 27.9 Å². The van der Waals surface area contributed by atoms with E-state index in [1.54, 1.807) is 45.4 Å². The third-order valence-corrected chi connectivity index (χ3v) is 6.64. The van der Waals surface area contributed by atoms with Gasteiger partial charge >= 0.3 is 6.09 Å². The highest BCUT2D eigenvalue weighted by molar-refractivity contribution is 7.98. The molecule has 3 aromatic rings. The minimum absolute atomic E-state index is 0.0591. The van der Waals surface area contributed by atoms with Crippen molar-refractivity contribution in [1.82, 2.24) is 19.9 Å². The van der Waals surface area contributed by atoms with Crippen molar-refractivity contribution >= 4 is 63.6 Å². The molecule has 1 aliphatic carbocycles. The fourth-order valence-electron chi connectivity index (χ4n) is 3.81. The molecule has 0 bridgehead atoms. The molecule has 13 heteroatoms. The zero-order valence-electron chi connectivity index (χ0n) is 20.0. The summed E-state index contributed by atoms with van der Waals surface area (Å²) in [4.78, 5) is 31.4. The van der Waals surface area contributed by atoms with E-state index in [1.807, 2.05) is 4.90 Å². The van der Waals surface area contributed by atoms with Crippen molar-refractivity contribution in [3.05, 3.63) is 40.0 Å². The molecule has 3 heterocycles. The summed E-state index contributed by atoms with van der Waals surface area (Å²) in [6.07, 6.45) is 3.27. The zero-order chi connectivity index (χ0) is 26.2. The van der Waals surface area contributed by atoms with E-state index >= 15 is 0 Å². The molecule has 2 unspecified atom stereocenters. The highest BCUT2D eigenvalue weighted by atomic mass is 35.5. The maximum Gasteiger partial charge on any atom is 0.413 e. The van der Waals surface area contributed by atoms with E-state index in [1.165, 1.54) is 11.8 Å². The molecule has 9 nitrogen and oxygen atoms in total. The Balaban J connectivity index is 1.81. The second-order valence-corrected chi connectivity index (χ2v) is 10.7. The number of pyridine rings is 2. The fourth-order valence-corrected chi connectivity index (χ4v) is 4.64. The van der Waals surface area contributed by atoms with Crippen molar-refractivity contribution in [3.8, 4) is 0 Å². The van der Waals surface area contributed by atoms with Crippen LogP contribution in [0.5, 0.6) is 0 Å². The minimum Gasteiger partial charge on any atom is -0.444 e. The summed E-state index contributed by atoms with van der Waals surface area (Å²) in [5.74, 6) is -0.224. The number of nitrogens with zero attached hydrogens (tertiary/aromatic N) is 5. The van der Waals surface area contributed by atoms with E-state index in [0.29, 0.717) is 29.4 Å². The van der Waals surface area contributed by atoms with Crippen LogP contribution in [-0.4, -0.2) is 55.1 Å². The number of aliphatic hydroxyl groups excluding tert-OH is 1. The van der Waals surface area contributed by atoms with E-state index in [2.05, 4.69) is 25.3 Å². The quantitative estimate of drug-likeness (QED) is 0.232. The number of hydrogen-bond acceptors (Lipinski definition) is 9. The zero-order valence-corrected chi connectivity index (χ0v) is 22.4. The van der Waals surface area contributed by atoms with Gasteiger partial charge in [-0.3, -0.25) is 5.32 Å². The number of amides is 1. The fraction of sp³-hybridized carbons (Fsp3) is 0.435. The average Bonchev–Trinajstić information content (AvgIpc) is 2.80. The van der Waals surface area contributed by atoms with Crippen LogP contribution in [0.2, 0.25) is 10.3 Å². The van der Waals surface area contributed by atoms with Gasteiger partial charge in [0.05, 0.1) is 17.5 Å². The number of ether oxygens (including phenoxy) is 1. The van der Waals surface area contributed by atoms with Crippen LogP contribution in [-0.2, 0) is 11.3 Å². The van der Waals surface area contributed by atoms with E-state index < -0.39 is 28.8 Å². The predicted octanol–water partition coefficient (Wildman–Crippen LogP) is 5.46. The van der Waals surface area contributed by atoms with Crippen molar-refractivity contribution in [2.75, 3.05) is 16.5 Å². The molecule has 0 aromatic carbocycles. The van der Waals surface area contributed by atoms with Crippen molar-refractivity contribution in [1.29, 1.82) is 0 Å². The maximum atomic E-state index is 15.0. The topological polar surface area (TPSA) is 113 Å². The van der Waals surface area contributed by atoms with Gasteiger partial charge in [0.25, 0.3) is 0 Å². The van der Waals surface area contributed by atoms with Crippen LogP contribution in [0.3, 0.4) is 0 Å². The number of halogens is 3. The van der Waals surface area contributed by atoms with Gasteiger partial charge in [-0.2, -0.15) is 0 Å². The molecule has 192 valence electrons. The Morgan fingerprint density at radius 3 is 2.64 bits per heavy atom. The first kappa shape index (κ1) is 26.6. The summed E-state index contributed by atoms with van der Waals surface area (Å²) in [6, 6.07) is 3.17. The summed E-state index contributed by atoms with van der Waals surface area (Å²) < 4.78 is 20.4. The number of hydrogen-bond donors (Lipinski definition) is 2. The molecule has 0 radical (unpaired) electrons. The van der Waals surface area contributed by atoms with Gasteiger partial charge in [-0.1, -0.05) is 41.0 Å². The molecular formula is C23H25Cl2FN6O3S. The molecule has 4 rings (SSSR count). The van der Waals surface area contributed by atoms with E-state index in [0.717, 1.165) is 0 Å². The first-order chi connectivity index (χ1) is 17.0. The maximum absolute atomic E-state index is 15.0. The number of aliphatic hydroxyl groups is 1. The molecule has 1 amide bonds. The number of carbonyl (C=O) groups excluding carboxylic acids is 1. The van der Waals surface area contributed by atoms with Crippen LogP contribution in [0.4, 0.5) is 20.8 Å². The molecule has 3 aromatic heterocycles. The second kappa shape index (κ2) is 10.5. The van der Waals surface area contributed by atoms with Gasteiger partial charge in [0, 0.05) is 18.3 Å². The largest absolute Gasteiger partial charge is 0.444 e. The molecule has 36 heavy (non-hydrogen) atoms. The standard InChI is InChI=1S/C23H25Cl2FN6O3S/c1-23(2,3)35-22(34)30-19-11(6-5-9-27-19)10-32(12-7-8-13(12)33)20-14-16(28-21(31-20)36-4)15(26)18(25)29-17(14)24/h5-6,9,12-13,33H,7-8,10H2,1-4H3,(H,27,30,34). The Kier molecular flexibility index (Phi) is 7.75. The molecular weight excluding hydrogens is 530 g/mol. The average molecular weight is 555 g/mol. The summed E-state index contributed by atoms with van der Waals surface area (Å²) in [6.45, 7) is 5.45. The molecule has 1 fully saturated rings. The molecule has 1 aliphatic rings. The van der Waals surface area contributed by atoms with Gasteiger partial charge in [0.15, 0.2) is 16.1 Å². The molecule has 0 spiro atoms. The third-order valence-electron chi connectivity index (χ3n) is 5.57. The van der Waals surface area contributed by atoms with Crippen LogP contribution in [0, 0.1) is 5.82 Å². The molecule has 2 atom stereocenters. The summed E-state index contributed by atoms with van der Waals surface area (Å²) >= 11 is 13.6. The van der Waals surface area contributed by atoms with Crippen molar-refractivity contribution in [2.45, 2.75) is 63.1 Å². The lowest BCUT2D eigenvalue weighted by molar-refractivity contribution is 0.0625. The monoisotopic (exact) mass is 554 g/mol.